The van der Waals surface area contributed by atoms with E-state index in [0.29, 0.717) is 30.9 Å². The highest BCUT2D eigenvalue weighted by molar-refractivity contribution is 6.26. The summed E-state index contributed by atoms with van der Waals surface area (Å²) in [5.41, 5.74) is 1.54. The number of ketones is 3. The summed E-state index contributed by atoms with van der Waals surface area (Å²) in [5, 5.41) is 0. The Hall–Kier alpha value is -1.92. The van der Waals surface area contributed by atoms with E-state index in [0.717, 1.165) is 18.5 Å². The summed E-state index contributed by atoms with van der Waals surface area (Å²) in [6.45, 7) is 2.79. The molecule has 0 spiro atoms. The number of Topliss-reactive ketones (excluding diaryl/α,β-unsaturated/α-hetero) is 3. The molecule has 0 aliphatic heterocycles. The zero-order chi connectivity index (χ0) is 18.0. The number of carbonyl (C=O) groups excluding carboxylic acids is 3. The molecule has 6 nitrogen and oxygen atoms in total. The van der Waals surface area contributed by atoms with Crippen LogP contribution in [0.2, 0.25) is 0 Å². The van der Waals surface area contributed by atoms with Crippen LogP contribution in [0.25, 0.3) is 0 Å². The molecule has 0 N–H and O–H groups in total. The number of carbonyl (C=O) groups is 3. The van der Waals surface area contributed by atoms with Crippen LogP contribution in [0, 0.1) is 24.7 Å². The fourth-order valence-electron chi connectivity index (χ4n) is 3.78. The van der Waals surface area contributed by atoms with Crippen LogP contribution in [-0.4, -0.2) is 42.7 Å². The number of fused-ring (bicyclic) bond motifs is 2. The third-order valence-electron chi connectivity index (χ3n) is 5.12. The van der Waals surface area contributed by atoms with Crippen molar-refractivity contribution >= 4 is 17.3 Å². The molecule has 0 aromatic carbocycles. The number of aryl methyl sites for hydroxylation is 1. The van der Waals surface area contributed by atoms with E-state index >= 15 is 0 Å². The van der Waals surface area contributed by atoms with Crippen molar-refractivity contribution in [2.24, 2.45) is 17.8 Å². The zero-order valence-corrected chi connectivity index (χ0v) is 14.6. The normalized spacial score (nSPS) is 25.4. The van der Waals surface area contributed by atoms with Gasteiger partial charge < -0.3 is 9.47 Å². The van der Waals surface area contributed by atoms with Crippen molar-refractivity contribution in [1.29, 1.82) is 0 Å². The molecule has 2 fully saturated rings. The predicted molar refractivity (Wildman–Crippen MR) is 89.2 cm³/mol. The molecule has 0 saturated heterocycles. The molecule has 134 valence electrons. The van der Waals surface area contributed by atoms with Crippen LogP contribution in [0.5, 0.6) is 0 Å². The Morgan fingerprint density at radius 1 is 1.16 bits per heavy atom. The zero-order valence-electron chi connectivity index (χ0n) is 14.6. The average Bonchev–Trinajstić information content (AvgIpc) is 3.04. The SMILES string of the molecule is COCCOCc1nc(C)ccc1C(=O)C1C(=O)C2CCC(C2)C1=O. The van der Waals surface area contributed by atoms with E-state index in [1.807, 2.05) is 6.92 Å². The van der Waals surface area contributed by atoms with Gasteiger partial charge in [-0.15, -0.1) is 0 Å². The summed E-state index contributed by atoms with van der Waals surface area (Å²) in [6.07, 6.45) is 2.05. The van der Waals surface area contributed by atoms with E-state index in [1.54, 1.807) is 19.2 Å². The first-order valence-electron chi connectivity index (χ1n) is 8.67. The summed E-state index contributed by atoms with van der Waals surface area (Å²) in [7, 11) is 1.58. The van der Waals surface area contributed by atoms with Crippen LogP contribution >= 0.6 is 0 Å². The molecular formula is C19H23NO5. The van der Waals surface area contributed by atoms with Gasteiger partial charge in [-0.25, -0.2) is 0 Å². The van der Waals surface area contributed by atoms with E-state index in [1.165, 1.54) is 0 Å². The molecule has 2 aliphatic carbocycles. The lowest BCUT2D eigenvalue weighted by Gasteiger charge is -2.24. The van der Waals surface area contributed by atoms with E-state index < -0.39 is 11.7 Å². The minimum absolute atomic E-state index is 0.142. The number of aromatic nitrogens is 1. The van der Waals surface area contributed by atoms with E-state index in [9.17, 15) is 14.4 Å². The second-order valence-corrected chi connectivity index (χ2v) is 6.80. The Kier molecular flexibility index (Phi) is 5.39. The van der Waals surface area contributed by atoms with E-state index in [2.05, 4.69) is 4.98 Å². The summed E-state index contributed by atoms with van der Waals surface area (Å²) >= 11 is 0. The maximum Gasteiger partial charge on any atom is 0.182 e. The van der Waals surface area contributed by atoms with Crippen molar-refractivity contribution in [2.75, 3.05) is 20.3 Å². The molecule has 0 radical (unpaired) electrons. The summed E-state index contributed by atoms with van der Waals surface area (Å²) in [4.78, 5) is 42.5. The second-order valence-electron chi connectivity index (χ2n) is 6.80. The first kappa shape index (κ1) is 17.9. The molecule has 3 rings (SSSR count). The molecule has 2 atom stereocenters. The van der Waals surface area contributed by atoms with Crippen LogP contribution in [0.4, 0.5) is 0 Å². The van der Waals surface area contributed by atoms with Gasteiger partial charge in [0.15, 0.2) is 17.3 Å². The highest BCUT2D eigenvalue weighted by Crippen LogP contribution is 2.41. The standard InChI is InChI=1S/C19H23NO5/c1-11-3-6-14(15(20-11)10-25-8-7-24-2)19(23)16-17(21)12-4-5-13(9-12)18(16)22/h3,6,12-13,16H,4-5,7-10H2,1-2H3. The molecule has 2 aliphatic rings. The monoisotopic (exact) mass is 345 g/mol. The van der Waals surface area contributed by atoms with Crippen LogP contribution in [0.3, 0.4) is 0 Å². The van der Waals surface area contributed by atoms with Crippen molar-refractivity contribution in [3.05, 3.63) is 29.1 Å². The van der Waals surface area contributed by atoms with Gasteiger partial charge in [0.2, 0.25) is 0 Å². The second kappa shape index (κ2) is 7.54. The van der Waals surface area contributed by atoms with E-state index in [-0.39, 0.29) is 30.0 Å². The van der Waals surface area contributed by atoms with Crippen LogP contribution in [0.15, 0.2) is 12.1 Å². The van der Waals surface area contributed by atoms with Gasteiger partial charge in [-0.2, -0.15) is 0 Å². The van der Waals surface area contributed by atoms with Gasteiger partial charge in [-0.05, 0) is 38.3 Å². The largest absolute Gasteiger partial charge is 0.382 e. The Morgan fingerprint density at radius 3 is 2.48 bits per heavy atom. The number of methoxy groups -OCH3 is 1. The third-order valence-corrected chi connectivity index (χ3v) is 5.12. The minimum Gasteiger partial charge on any atom is -0.382 e. The molecule has 1 aromatic rings. The Morgan fingerprint density at radius 2 is 1.84 bits per heavy atom. The van der Waals surface area contributed by atoms with E-state index in [4.69, 9.17) is 9.47 Å². The minimum atomic E-state index is -1.16. The lowest BCUT2D eigenvalue weighted by Crippen LogP contribution is -2.41. The van der Waals surface area contributed by atoms with Gasteiger partial charge in [0.25, 0.3) is 0 Å². The number of hydrogen-bond acceptors (Lipinski definition) is 6. The first-order chi connectivity index (χ1) is 12.0. The van der Waals surface area contributed by atoms with Gasteiger partial charge in [-0.1, -0.05) is 0 Å². The lowest BCUT2D eigenvalue weighted by atomic mass is 9.75. The summed E-state index contributed by atoms with van der Waals surface area (Å²) in [5.74, 6) is -2.29. The number of pyridine rings is 1. The van der Waals surface area contributed by atoms with Crippen molar-refractivity contribution < 1.29 is 23.9 Å². The summed E-state index contributed by atoms with van der Waals surface area (Å²) < 4.78 is 10.4. The maximum atomic E-state index is 13.0. The number of nitrogens with zero attached hydrogens (tertiary/aromatic N) is 1. The highest BCUT2D eigenvalue weighted by atomic mass is 16.5. The Balaban J connectivity index is 1.84. The maximum absolute atomic E-state index is 13.0. The Bertz CT molecular complexity index is 677. The fraction of sp³-hybridized carbons (Fsp3) is 0.579. The van der Waals surface area contributed by atoms with Gasteiger partial charge in [0, 0.05) is 30.2 Å². The molecule has 6 heteroatoms. The molecule has 25 heavy (non-hydrogen) atoms. The highest BCUT2D eigenvalue weighted by Gasteiger charge is 2.50. The van der Waals surface area contributed by atoms with Crippen molar-refractivity contribution in [1.82, 2.24) is 4.98 Å². The van der Waals surface area contributed by atoms with Crippen LogP contribution in [-0.2, 0) is 25.7 Å². The number of rotatable bonds is 7. The van der Waals surface area contributed by atoms with Crippen molar-refractivity contribution in [3.8, 4) is 0 Å². The fourth-order valence-corrected chi connectivity index (χ4v) is 3.78. The predicted octanol–water partition coefficient (Wildman–Crippen LogP) is 1.92. The van der Waals surface area contributed by atoms with Crippen LogP contribution < -0.4 is 0 Å². The topological polar surface area (TPSA) is 82.6 Å². The molecule has 2 saturated carbocycles. The average molecular weight is 345 g/mol. The molecule has 2 bridgehead atoms. The Labute approximate surface area is 146 Å². The molecule has 1 aromatic heterocycles. The molecule has 0 amide bonds. The van der Waals surface area contributed by atoms with Gasteiger partial charge in [0.1, 0.15) is 5.92 Å². The lowest BCUT2D eigenvalue weighted by molar-refractivity contribution is -0.137. The quantitative estimate of drug-likeness (QED) is 0.426. The van der Waals surface area contributed by atoms with Crippen molar-refractivity contribution in [2.45, 2.75) is 32.8 Å². The smallest absolute Gasteiger partial charge is 0.182 e. The van der Waals surface area contributed by atoms with Gasteiger partial charge in [-0.3, -0.25) is 19.4 Å². The van der Waals surface area contributed by atoms with Gasteiger partial charge >= 0.3 is 0 Å². The van der Waals surface area contributed by atoms with Gasteiger partial charge in [0.05, 0.1) is 25.5 Å². The molecule has 1 heterocycles. The van der Waals surface area contributed by atoms with Crippen molar-refractivity contribution in [3.63, 3.8) is 0 Å². The molecule has 2 unspecified atom stereocenters. The third kappa shape index (κ3) is 3.55. The summed E-state index contributed by atoms with van der Waals surface area (Å²) in [6, 6.07) is 3.37. The first-order valence-corrected chi connectivity index (χ1v) is 8.67. The molecular weight excluding hydrogens is 322 g/mol. The number of hydrogen-bond donors (Lipinski definition) is 0. The van der Waals surface area contributed by atoms with Crippen LogP contribution in [0.1, 0.15) is 41.0 Å². The number of ether oxygens (including phenoxy) is 2.